The van der Waals surface area contributed by atoms with E-state index in [1.165, 1.54) is 0 Å². The van der Waals surface area contributed by atoms with Crippen LogP contribution in [-0.4, -0.2) is 32.2 Å². The van der Waals surface area contributed by atoms with Crippen LogP contribution in [0.4, 0.5) is 5.69 Å². The summed E-state index contributed by atoms with van der Waals surface area (Å²) in [6.07, 6.45) is 1.09. The molecule has 1 aliphatic rings. The topological polar surface area (TPSA) is 50.4 Å². The number of amides is 1. The van der Waals surface area contributed by atoms with Gasteiger partial charge in [-0.15, -0.1) is 0 Å². The summed E-state index contributed by atoms with van der Waals surface area (Å²) in [6.45, 7) is 2.86. The molecule has 0 aliphatic carbocycles. The minimum Gasteiger partial charge on any atom is -0.381 e. The van der Waals surface area contributed by atoms with Gasteiger partial charge in [-0.05, 0) is 24.5 Å². The molecule has 17 heavy (non-hydrogen) atoms. The fourth-order valence-corrected chi connectivity index (χ4v) is 1.86. The predicted octanol–water partition coefficient (Wildman–Crippen LogP) is 1.25. The van der Waals surface area contributed by atoms with E-state index in [4.69, 9.17) is 4.74 Å². The number of carbonyl (C=O) groups excluding carboxylic acids is 1. The fourth-order valence-electron chi connectivity index (χ4n) is 1.86. The van der Waals surface area contributed by atoms with Crippen molar-refractivity contribution >= 4 is 11.6 Å². The van der Waals surface area contributed by atoms with Gasteiger partial charge in [0, 0.05) is 18.8 Å². The van der Waals surface area contributed by atoms with E-state index in [1.54, 1.807) is 0 Å². The second kappa shape index (κ2) is 6.37. The Labute approximate surface area is 101 Å². The van der Waals surface area contributed by atoms with Crippen LogP contribution in [0.25, 0.3) is 0 Å². The summed E-state index contributed by atoms with van der Waals surface area (Å²) >= 11 is 0. The second-order valence-corrected chi connectivity index (χ2v) is 4.27. The van der Waals surface area contributed by atoms with E-state index in [-0.39, 0.29) is 5.91 Å². The molecule has 1 heterocycles. The monoisotopic (exact) mass is 234 g/mol. The third-order valence-corrected chi connectivity index (χ3v) is 2.80. The van der Waals surface area contributed by atoms with Crippen molar-refractivity contribution in [3.8, 4) is 0 Å². The molecule has 1 aliphatic heterocycles. The lowest BCUT2D eigenvalue weighted by Gasteiger charge is -2.09. The van der Waals surface area contributed by atoms with Gasteiger partial charge in [0.15, 0.2) is 0 Å². The van der Waals surface area contributed by atoms with E-state index in [1.807, 2.05) is 30.3 Å². The lowest BCUT2D eigenvalue weighted by molar-refractivity contribution is -0.115. The normalized spacial score (nSPS) is 19.2. The van der Waals surface area contributed by atoms with E-state index in [9.17, 15) is 4.79 Å². The summed E-state index contributed by atoms with van der Waals surface area (Å²) in [4.78, 5) is 11.6. The zero-order valence-electron chi connectivity index (χ0n) is 9.82. The van der Waals surface area contributed by atoms with E-state index >= 15 is 0 Å². The highest BCUT2D eigenvalue weighted by molar-refractivity contribution is 5.92. The highest BCUT2D eigenvalue weighted by Crippen LogP contribution is 2.10. The SMILES string of the molecule is O=C(CNCC1CCOC1)Nc1ccccc1. The van der Waals surface area contributed by atoms with Crippen molar-refractivity contribution in [2.24, 2.45) is 5.92 Å². The van der Waals surface area contributed by atoms with Crippen LogP contribution in [0.15, 0.2) is 30.3 Å². The lowest BCUT2D eigenvalue weighted by atomic mass is 10.1. The second-order valence-electron chi connectivity index (χ2n) is 4.27. The number of para-hydroxylation sites is 1. The molecule has 1 saturated heterocycles. The first-order valence-electron chi connectivity index (χ1n) is 5.98. The molecule has 1 atom stereocenters. The molecule has 1 unspecified atom stereocenters. The molecule has 4 heteroatoms. The van der Waals surface area contributed by atoms with Crippen LogP contribution in [0, 0.1) is 5.92 Å². The first kappa shape index (κ1) is 12.1. The van der Waals surface area contributed by atoms with Crippen molar-refractivity contribution in [1.82, 2.24) is 5.32 Å². The van der Waals surface area contributed by atoms with Gasteiger partial charge in [0.2, 0.25) is 5.91 Å². The molecule has 1 aromatic rings. The molecule has 2 rings (SSSR count). The number of ether oxygens (including phenoxy) is 1. The molecule has 1 aromatic carbocycles. The van der Waals surface area contributed by atoms with Crippen LogP contribution < -0.4 is 10.6 Å². The zero-order valence-corrected chi connectivity index (χ0v) is 9.82. The third kappa shape index (κ3) is 4.17. The zero-order chi connectivity index (χ0) is 11.9. The van der Waals surface area contributed by atoms with Gasteiger partial charge in [-0.3, -0.25) is 4.79 Å². The summed E-state index contributed by atoms with van der Waals surface area (Å²) in [7, 11) is 0. The average Bonchev–Trinajstić information content (AvgIpc) is 2.83. The molecule has 2 N–H and O–H groups in total. The Kier molecular flexibility index (Phi) is 4.53. The van der Waals surface area contributed by atoms with Crippen LogP contribution in [0.2, 0.25) is 0 Å². The van der Waals surface area contributed by atoms with Crippen molar-refractivity contribution in [2.75, 3.05) is 31.6 Å². The Morgan fingerprint density at radius 2 is 2.18 bits per heavy atom. The summed E-state index contributed by atoms with van der Waals surface area (Å²) in [6, 6.07) is 9.48. The van der Waals surface area contributed by atoms with Crippen LogP contribution in [-0.2, 0) is 9.53 Å². The van der Waals surface area contributed by atoms with E-state index in [2.05, 4.69) is 10.6 Å². The van der Waals surface area contributed by atoms with Gasteiger partial charge in [-0.1, -0.05) is 18.2 Å². The number of benzene rings is 1. The summed E-state index contributed by atoms with van der Waals surface area (Å²) in [5.41, 5.74) is 0.837. The number of nitrogens with one attached hydrogen (secondary N) is 2. The Balaban J connectivity index is 1.64. The molecular weight excluding hydrogens is 216 g/mol. The highest BCUT2D eigenvalue weighted by Gasteiger charge is 2.15. The molecule has 0 saturated carbocycles. The Bertz CT molecular complexity index is 348. The van der Waals surface area contributed by atoms with Gasteiger partial charge in [0.25, 0.3) is 0 Å². The largest absolute Gasteiger partial charge is 0.381 e. The van der Waals surface area contributed by atoms with Gasteiger partial charge in [-0.25, -0.2) is 0 Å². The van der Waals surface area contributed by atoms with Crippen LogP contribution >= 0.6 is 0 Å². The summed E-state index contributed by atoms with van der Waals surface area (Å²) in [5, 5.41) is 5.99. The molecule has 0 spiro atoms. The van der Waals surface area contributed by atoms with Gasteiger partial charge in [0.1, 0.15) is 0 Å². The number of hydrogen-bond donors (Lipinski definition) is 2. The molecule has 1 fully saturated rings. The number of rotatable bonds is 5. The van der Waals surface area contributed by atoms with Crippen molar-refractivity contribution in [1.29, 1.82) is 0 Å². The maximum absolute atomic E-state index is 11.6. The van der Waals surface area contributed by atoms with E-state index in [0.29, 0.717) is 12.5 Å². The molecule has 92 valence electrons. The van der Waals surface area contributed by atoms with Crippen LogP contribution in [0.3, 0.4) is 0 Å². The molecule has 0 aromatic heterocycles. The quantitative estimate of drug-likeness (QED) is 0.806. The van der Waals surface area contributed by atoms with Gasteiger partial charge >= 0.3 is 0 Å². The lowest BCUT2D eigenvalue weighted by Crippen LogP contribution is -2.31. The maximum Gasteiger partial charge on any atom is 0.238 e. The van der Waals surface area contributed by atoms with Gasteiger partial charge in [-0.2, -0.15) is 0 Å². The number of hydrogen-bond acceptors (Lipinski definition) is 3. The van der Waals surface area contributed by atoms with E-state index in [0.717, 1.165) is 31.9 Å². The molecule has 0 bridgehead atoms. The predicted molar refractivity (Wildman–Crippen MR) is 66.9 cm³/mol. The number of anilines is 1. The smallest absolute Gasteiger partial charge is 0.238 e. The summed E-state index contributed by atoms with van der Waals surface area (Å²) in [5.74, 6) is 0.551. The summed E-state index contributed by atoms with van der Waals surface area (Å²) < 4.78 is 5.27. The fraction of sp³-hybridized carbons (Fsp3) is 0.462. The molecule has 1 amide bonds. The minimum atomic E-state index is -0.00452. The van der Waals surface area contributed by atoms with Crippen molar-refractivity contribution in [2.45, 2.75) is 6.42 Å². The molecule has 4 nitrogen and oxygen atoms in total. The van der Waals surface area contributed by atoms with E-state index < -0.39 is 0 Å². The third-order valence-electron chi connectivity index (χ3n) is 2.80. The Hall–Kier alpha value is -1.39. The minimum absolute atomic E-state index is 0.00452. The Morgan fingerprint density at radius 3 is 2.88 bits per heavy atom. The maximum atomic E-state index is 11.6. The van der Waals surface area contributed by atoms with Crippen molar-refractivity contribution < 1.29 is 9.53 Å². The first-order valence-corrected chi connectivity index (χ1v) is 5.98. The number of carbonyl (C=O) groups is 1. The highest BCUT2D eigenvalue weighted by atomic mass is 16.5. The Morgan fingerprint density at radius 1 is 1.35 bits per heavy atom. The average molecular weight is 234 g/mol. The standard InChI is InChI=1S/C13H18N2O2/c16-13(15-12-4-2-1-3-5-12)9-14-8-11-6-7-17-10-11/h1-5,11,14H,6-10H2,(H,15,16). The first-order chi connectivity index (χ1) is 8.34. The van der Waals surface area contributed by atoms with Gasteiger partial charge in [0.05, 0.1) is 13.2 Å². The van der Waals surface area contributed by atoms with Crippen LogP contribution in [0.5, 0.6) is 0 Å². The van der Waals surface area contributed by atoms with Crippen molar-refractivity contribution in [3.63, 3.8) is 0 Å². The van der Waals surface area contributed by atoms with Crippen molar-refractivity contribution in [3.05, 3.63) is 30.3 Å². The van der Waals surface area contributed by atoms with Crippen LogP contribution in [0.1, 0.15) is 6.42 Å². The molecular formula is C13H18N2O2. The molecule has 0 radical (unpaired) electrons. The van der Waals surface area contributed by atoms with Gasteiger partial charge < -0.3 is 15.4 Å².